The van der Waals surface area contributed by atoms with Crippen molar-refractivity contribution in [3.8, 4) is 0 Å². The summed E-state index contributed by atoms with van der Waals surface area (Å²) in [6.45, 7) is 2.22. The van der Waals surface area contributed by atoms with Gasteiger partial charge in [-0.15, -0.1) is 0 Å². The fourth-order valence-electron chi connectivity index (χ4n) is 2.86. The van der Waals surface area contributed by atoms with Crippen molar-refractivity contribution in [3.05, 3.63) is 34.1 Å². The first-order chi connectivity index (χ1) is 10.5. The second-order valence-corrected chi connectivity index (χ2v) is 6.79. The molecule has 0 N–H and O–H groups in total. The van der Waals surface area contributed by atoms with Gasteiger partial charge in [0.25, 0.3) is 5.24 Å². The molecule has 22 heavy (non-hydrogen) atoms. The number of halogens is 2. The highest BCUT2D eigenvalue weighted by Crippen LogP contribution is 2.32. The van der Waals surface area contributed by atoms with Crippen LogP contribution in [-0.4, -0.2) is 41.2 Å². The Morgan fingerprint density at radius 2 is 2.32 bits per heavy atom. The number of aryl methyl sites for hydroxylation is 1. The Bertz CT molecular complexity index is 639. The van der Waals surface area contributed by atoms with E-state index < -0.39 is 6.04 Å². The zero-order valence-electron chi connectivity index (χ0n) is 12.0. The molecule has 2 aliphatic heterocycles. The number of thioether (sulfide) groups is 1. The molecule has 2 unspecified atom stereocenters. The third-order valence-corrected chi connectivity index (χ3v) is 5.33. The Balaban J connectivity index is 1.69. The van der Waals surface area contributed by atoms with Gasteiger partial charge in [0, 0.05) is 22.9 Å². The van der Waals surface area contributed by atoms with Gasteiger partial charge in [-0.25, -0.2) is 4.39 Å². The van der Waals surface area contributed by atoms with Gasteiger partial charge in [0.15, 0.2) is 5.78 Å². The van der Waals surface area contributed by atoms with Crippen LogP contribution in [0.2, 0.25) is 5.02 Å². The van der Waals surface area contributed by atoms with Gasteiger partial charge in [-0.3, -0.25) is 9.59 Å². The summed E-state index contributed by atoms with van der Waals surface area (Å²) < 4.78 is 19.4. The molecule has 2 aliphatic rings. The van der Waals surface area contributed by atoms with E-state index in [-0.39, 0.29) is 35.3 Å². The van der Waals surface area contributed by atoms with Crippen LogP contribution in [0.1, 0.15) is 17.5 Å². The van der Waals surface area contributed by atoms with E-state index in [1.54, 1.807) is 19.1 Å². The van der Waals surface area contributed by atoms with Crippen LogP contribution in [0.25, 0.3) is 0 Å². The lowest BCUT2D eigenvalue weighted by atomic mass is 10.1. The van der Waals surface area contributed by atoms with Crippen LogP contribution in [-0.2, 0) is 15.3 Å². The average Bonchev–Trinajstić information content (AvgIpc) is 3.06. The first-order valence-electron chi connectivity index (χ1n) is 7.00. The summed E-state index contributed by atoms with van der Waals surface area (Å²) in [4.78, 5) is 25.7. The summed E-state index contributed by atoms with van der Waals surface area (Å²) in [6.07, 6.45) is 0.485. The van der Waals surface area contributed by atoms with Crippen LogP contribution in [0.3, 0.4) is 0 Å². The van der Waals surface area contributed by atoms with Gasteiger partial charge >= 0.3 is 0 Å². The number of ether oxygens (including phenoxy) is 1. The number of Topliss-reactive ketones (excluding diaryl/α,β-unsaturated/α-hetero) is 1. The number of likely N-dealkylation sites (tertiary alicyclic amines) is 1. The third-order valence-electron chi connectivity index (χ3n) is 4.07. The molecule has 0 aromatic heterocycles. The maximum absolute atomic E-state index is 14.1. The highest BCUT2D eigenvalue weighted by molar-refractivity contribution is 8.12. The molecule has 2 saturated heterocycles. The van der Waals surface area contributed by atoms with Crippen LogP contribution in [0.4, 0.5) is 9.18 Å². The monoisotopic (exact) mass is 343 g/mol. The minimum atomic E-state index is -0.474. The molecule has 7 heteroatoms. The Hall–Kier alpha value is -1.11. The van der Waals surface area contributed by atoms with Crippen LogP contribution >= 0.6 is 23.4 Å². The molecule has 1 aromatic carbocycles. The van der Waals surface area contributed by atoms with E-state index in [0.717, 1.165) is 11.8 Å². The topological polar surface area (TPSA) is 46.6 Å². The zero-order chi connectivity index (χ0) is 15.9. The van der Waals surface area contributed by atoms with Crippen molar-refractivity contribution in [3.63, 3.8) is 0 Å². The van der Waals surface area contributed by atoms with E-state index in [0.29, 0.717) is 29.1 Å². The predicted octanol–water partition coefficient (Wildman–Crippen LogP) is 3.18. The number of amides is 1. The Morgan fingerprint density at radius 1 is 1.55 bits per heavy atom. The van der Waals surface area contributed by atoms with Gasteiger partial charge < -0.3 is 9.64 Å². The molecule has 0 saturated carbocycles. The number of fused-ring (bicyclic) bond motifs is 1. The first-order valence-corrected chi connectivity index (χ1v) is 8.36. The van der Waals surface area contributed by atoms with Crippen molar-refractivity contribution in [1.29, 1.82) is 0 Å². The van der Waals surface area contributed by atoms with E-state index in [2.05, 4.69) is 0 Å². The number of carbonyl (C=O) groups excluding carboxylic acids is 2. The maximum atomic E-state index is 14.1. The molecule has 0 bridgehead atoms. The van der Waals surface area contributed by atoms with E-state index in [1.807, 2.05) is 0 Å². The van der Waals surface area contributed by atoms with Crippen molar-refractivity contribution in [2.45, 2.75) is 31.2 Å². The minimum absolute atomic E-state index is 0.0591. The molecule has 1 aromatic rings. The Kier molecular flexibility index (Phi) is 4.43. The highest BCUT2D eigenvalue weighted by Gasteiger charge is 2.46. The fourth-order valence-corrected chi connectivity index (χ4v) is 4.08. The molecule has 2 heterocycles. The van der Waals surface area contributed by atoms with E-state index in [4.69, 9.17) is 16.3 Å². The summed E-state index contributed by atoms with van der Waals surface area (Å²) >= 11 is 6.97. The number of nitrogens with zero attached hydrogens (tertiary/aromatic N) is 1. The van der Waals surface area contributed by atoms with Crippen LogP contribution < -0.4 is 0 Å². The van der Waals surface area contributed by atoms with Crippen molar-refractivity contribution in [2.24, 2.45) is 0 Å². The quantitative estimate of drug-likeness (QED) is 0.827. The second kappa shape index (κ2) is 6.18. The number of hydrogen-bond donors (Lipinski definition) is 0. The summed E-state index contributed by atoms with van der Waals surface area (Å²) in [6, 6.07) is 2.76. The number of rotatable bonds is 2. The van der Waals surface area contributed by atoms with Gasteiger partial charge in [0.1, 0.15) is 18.5 Å². The van der Waals surface area contributed by atoms with Crippen LogP contribution in [0, 0.1) is 12.7 Å². The molecule has 2 fully saturated rings. The summed E-state index contributed by atoms with van der Waals surface area (Å²) in [5, 5.41) is 0.0753. The largest absolute Gasteiger partial charge is 0.368 e. The van der Waals surface area contributed by atoms with Crippen molar-refractivity contribution in [1.82, 2.24) is 4.90 Å². The average molecular weight is 344 g/mol. The number of benzene rings is 1. The lowest BCUT2D eigenvalue weighted by Gasteiger charge is -2.21. The zero-order valence-corrected chi connectivity index (χ0v) is 13.5. The van der Waals surface area contributed by atoms with Gasteiger partial charge in [0.2, 0.25) is 0 Å². The molecule has 3 rings (SSSR count). The number of ketones is 1. The van der Waals surface area contributed by atoms with E-state index >= 15 is 0 Å². The first kappa shape index (κ1) is 15.8. The molecule has 2 atom stereocenters. The Morgan fingerprint density at radius 3 is 3.09 bits per heavy atom. The molecular weight excluding hydrogens is 329 g/mol. The van der Waals surface area contributed by atoms with Crippen molar-refractivity contribution in [2.75, 3.05) is 13.2 Å². The van der Waals surface area contributed by atoms with Crippen LogP contribution in [0.15, 0.2) is 12.1 Å². The highest BCUT2D eigenvalue weighted by atomic mass is 35.5. The Labute approximate surface area is 136 Å². The second-order valence-electron chi connectivity index (χ2n) is 5.45. The molecular formula is C15H15ClFNO3S. The van der Waals surface area contributed by atoms with Gasteiger partial charge in [0.05, 0.1) is 6.10 Å². The van der Waals surface area contributed by atoms with Crippen LogP contribution in [0.5, 0.6) is 0 Å². The molecule has 0 radical (unpaired) electrons. The van der Waals surface area contributed by atoms with E-state index in [1.165, 1.54) is 4.90 Å². The molecule has 1 amide bonds. The number of hydrogen-bond acceptors (Lipinski definition) is 4. The van der Waals surface area contributed by atoms with Crippen molar-refractivity contribution >= 4 is 34.4 Å². The smallest absolute Gasteiger partial charge is 0.282 e. The SMILES string of the molecule is Cc1ccc(Cl)c(CSC(=O)N2CCC3OCC(=O)C32)c1F. The molecule has 4 nitrogen and oxygen atoms in total. The summed E-state index contributed by atoms with van der Waals surface area (Å²) in [5.74, 6) is -0.294. The van der Waals surface area contributed by atoms with Crippen molar-refractivity contribution < 1.29 is 18.7 Å². The summed E-state index contributed by atoms with van der Waals surface area (Å²) in [7, 11) is 0. The van der Waals surface area contributed by atoms with Gasteiger partial charge in [-0.05, 0) is 25.0 Å². The fraction of sp³-hybridized carbons (Fsp3) is 0.467. The normalized spacial score (nSPS) is 24.0. The third kappa shape index (κ3) is 2.75. The maximum Gasteiger partial charge on any atom is 0.282 e. The molecule has 0 spiro atoms. The summed E-state index contributed by atoms with van der Waals surface area (Å²) in [5.41, 5.74) is 0.817. The standard InChI is InChI=1S/C15H15ClFNO3S/c1-8-2-3-10(16)9(13(8)17)7-22-15(20)18-5-4-12-14(18)11(19)6-21-12/h2-3,12,14H,4-7H2,1H3. The van der Waals surface area contributed by atoms with Gasteiger partial charge in [-0.2, -0.15) is 0 Å². The number of carbonyl (C=O) groups is 2. The molecule has 118 valence electrons. The molecule has 0 aliphatic carbocycles. The lowest BCUT2D eigenvalue weighted by Crippen LogP contribution is -2.40. The van der Waals surface area contributed by atoms with Gasteiger partial charge in [-0.1, -0.05) is 29.4 Å². The predicted molar refractivity (Wildman–Crippen MR) is 82.7 cm³/mol. The lowest BCUT2D eigenvalue weighted by molar-refractivity contribution is -0.120. The minimum Gasteiger partial charge on any atom is -0.368 e. The van der Waals surface area contributed by atoms with E-state index in [9.17, 15) is 14.0 Å².